The molecule has 1 aromatic carbocycles. The number of aromatic nitrogens is 2. The summed E-state index contributed by atoms with van der Waals surface area (Å²) in [5, 5.41) is 11.2. The SMILES string of the molecule is Cc1cc(C)n(CC2(CNC(=O)c3cccc(C4CCCNC4)c3)CC2)n1. The topological polar surface area (TPSA) is 59.0 Å². The Bertz CT molecular complexity index is 815. The van der Waals surface area contributed by atoms with Crippen LogP contribution in [-0.4, -0.2) is 35.3 Å². The maximum atomic E-state index is 12.7. The average Bonchev–Trinajstić information content (AvgIpc) is 3.38. The van der Waals surface area contributed by atoms with Gasteiger partial charge in [0.2, 0.25) is 0 Å². The van der Waals surface area contributed by atoms with Crippen molar-refractivity contribution in [1.29, 1.82) is 0 Å². The standard InChI is InChI=1S/C22H30N4O/c1-16-11-17(2)26(25-16)15-22(8-9-22)14-24-21(27)19-6-3-5-18(12-19)20-7-4-10-23-13-20/h3,5-6,11-12,20,23H,4,7-10,13-15H2,1-2H3,(H,24,27). The minimum atomic E-state index is 0.0419. The fourth-order valence-electron chi connectivity index (χ4n) is 4.16. The molecule has 1 saturated heterocycles. The number of benzene rings is 1. The van der Waals surface area contributed by atoms with E-state index in [4.69, 9.17) is 0 Å². The number of carbonyl (C=O) groups excluding carboxylic acids is 1. The number of rotatable bonds is 6. The van der Waals surface area contributed by atoms with Gasteiger partial charge in [0.05, 0.1) is 5.69 Å². The van der Waals surface area contributed by atoms with E-state index < -0.39 is 0 Å². The highest BCUT2D eigenvalue weighted by atomic mass is 16.1. The molecular weight excluding hydrogens is 336 g/mol. The quantitative estimate of drug-likeness (QED) is 0.825. The molecule has 2 aromatic rings. The summed E-state index contributed by atoms with van der Waals surface area (Å²) in [6, 6.07) is 10.3. The number of nitrogens with one attached hydrogen (secondary N) is 2. The van der Waals surface area contributed by atoms with Crippen molar-refractivity contribution < 1.29 is 4.79 Å². The summed E-state index contributed by atoms with van der Waals surface area (Å²) in [5.74, 6) is 0.563. The van der Waals surface area contributed by atoms with Crippen LogP contribution in [0.4, 0.5) is 0 Å². The normalized spacial score (nSPS) is 21.0. The molecule has 1 amide bonds. The minimum Gasteiger partial charge on any atom is -0.351 e. The molecule has 1 atom stereocenters. The number of amides is 1. The number of aryl methyl sites for hydroxylation is 2. The van der Waals surface area contributed by atoms with Crippen LogP contribution in [0.15, 0.2) is 30.3 Å². The van der Waals surface area contributed by atoms with Gasteiger partial charge in [-0.2, -0.15) is 5.10 Å². The number of hydrogen-bond donors (Lipinski definition) is 2. The van der Waals surface area contributed by atoms with Gasteiger partial charge in [0, 0.05) is 36.3 Å². The van der Waals surface area contributed by atoms with Gasteiger partial charge in [-0.05, 0) is 75.8 Å². The van der Waals surface area contributed by atoms with Crippen molar-refractivity contribution >= 4 is 5.91 Å². The molecular formula is C22H30N4O. The third kappa shape index (κ3) is 4.24. The van der Waals surface area contributed by atoms with Crippen LogP contribution >= 0.6 is 0 Å². The largest absolute Gasteiger partial charge is 0.351 e. The molecule has 0 bridgehead atoms. The predicted octanol–water partition coefficient (Wildman–Crippen LogP) is 3.18. The van der Waals surface area contributed by atoms with E-state index in [2.05, 4.69) is 45.5 Å². The summed E-state index contributed by atoms with van der Waals surface area (Å²) < 4.78 is 2.09. The van der Waals surface area contributed by atoms with E-state index in [0.717, 1.165) is 50.3 Å². The van der Waals surface area contributed by atoms with Crippen LogP contribution < -0.4 is 10.6 Å². The van der Waals surface area contributed by atoms with E-state index in [0.29, 0.717) is 5.92 Å². The molecule has 2 heterocycles. The van der Waals surface area contributed by atoms with Gasteiger partial charge in [0.25, 0.3) is 5.91 Å². The molecule has 1 aromatic heterocycles. The molecule has 2 N–H and O–H groups in total. The van der Waals surface area contributed by atoms with Gasteiger partial charge >= 0.3 is 0 Å². The zero-order chi connectivity index (χ0) is 18.9. The van der Waals surface area contributed by atoms with Crippen LogP contribution in [0.1, 0.15) is 58.9 Å². The van der Waals surface area contributed by atoms with E-state index in [9.17, 15) is 4.79 Å². The second kappa shape index (κ2) is 7.47. The van der Waals surface area contributed by atoms with E-state index in [1.165, 1.54) is 24.1 Å². The van der Waals surface area contributed by atoms with Crippen molar-refractivity contribution in [1.82, 2.24) is 20.4 Å². The maximum Gasteiger partial charge on any atom is 0.251 e. The van der Waals surface area contributed by atoms with Crippen LogP contribution in [0.3, 0.4) is 0 Å². The molecule has 2 fully saturated rings. The van der Waals surface area contributed by atoms with Crippen LogP contribution in [0.2, 0.25) is 0 Å². The highest BCUT2D eigenvalue weighted by Gasteiger charge is 2.43. The van der Waals surface area contributed by atoms with Crippen molar-refractivity contribution in [3.8, 4) is 0 Å². The van der Waals surface area contributed by atoms with Gasteiger partial charge < -0.3 is 10.6 Å². The molecule has 5 heteroatoms. The fraction of sp³-hybridized carbons (Fsp3) is 0.545. The summed E-state index contributed by atoms with van der Waals surface area (Å²) in [6.07, 6.45) is 4.71. The zero-order valence-electron chi connectivity index (χ0n) is 16.4. The lowest BCUT2D eigenvalue weighted by molar-refractivity contribution is 0.0942. The molecule has 27 heavy (non-hydrogen) atoms. The van der Waals surface area contributed by atoms with Crippen molar-refractivity contribution in [3.05, 3.63) is 52.8 Å². The van der Waals surface area contributed by atoms with Crippen LogP contribution in [0.25, 0.3) is 0 Å². The number of nitrogens with zero attached hydrogens (tertiary/aromatic N) is 2. The van der Waals surface area contributed by atoms with Crippen LogP contribution in [0, 0.1) is 19.3 Å². The first-order valence-electron chi connectivity index (χ1n) is 10.1. The first kappa shape index (κ1) is 18.2. The molecule has 0 radical (unpaired) electrons. The van der Waals surface area contributed by atoms with Crippen molar-refractivity contribution in [2.75, 3.05) is 19.6 Å². The fourth-order valence-corrected chi connectivity index (χ4v) is 4.16. The van der Waals surface area contributed by atoms with Gasteiger partial charge in [0.15, 0.2) is 0 Å². The highest BCUT2D eigenvalue weighted by Crippen LogP contribution is 2.46. The second-order valence-electron chi connectivity index (χ2n) is 8.44. The van der Waals surface area contributed by atoms with E-state index in [1.807, 2.05) is 19.1 Å². The zero-order valence-corrected chi connectivity index (χ0v) is 16.4. The Balaban J connectivity index is 1.37. The van der Waals surface area contributed by atoms with Crippen LogP contribution in [0.5, 0.6) is 0 Å². The number of carbonyl (C=O) groups is 1. The Hall–Kier alpha value is -2.14. The second-order valence-corrected chi connectivity index (χ2v) is 8.44. The lowest BCUT2D eigenvalue weighted by Gasteiger charge is -2.23. The monoisotopic (exact) mass is 366 g/mol. The Morgan fingerprint density at radius 3 is 2.85 bits per heavy atom. The van der Waals surface area contributed by atoms with Gasteiger partial charge in [-0.25, -0.2) is 0 Å². The smallest absolute Gasteiger partial charge is 0.251 e. The molecule has 0 spiro atoms. The third-order valence-electron chi connectivity index (χ3n) is 6.09. The molecule has 1 unspecified atom stereocenters. The molecule has 1 aliphatic heterocycles. The average molecular weight is 367 g/mol. The summed E-state index contributed by atoms with van der Waals surface area (Å²) in [7, 11) is 0. The summed E-state index contributed by atoms with van der Waals surface area (Å²) >= 11 is 0. The van der Waals surface area contributed by atoms with Gasteiger partial charge in [-0.15, -0.1) is 0 Å². The minimum absolute atomic E-state index is 0.0419. The van der Waals surface area contributed by atoms with E-state index in [-0.39, 0.29) is 11.3 Å². The van der Waals surface area contributed by atoms with Crippen LogP contribution in [-0.2, 0) is 6.54 Å². The van der Waals surface area contributed by atoms with E-state index in [1.54, 1.807) is 0 Å². The highest BCUT2D eigenvalue weighted by molar-refractivity contribution is 5.94. The van der Waals surface area contributed by atoms with E-state index >= 15 is 0 Å². The Morgan fingerprint density at radius 2 is 2.19 bits per heavy atom. The number of piperidine rings is 1. The molecule has 4 rings (SSSR count). The molecule has 144 valence electrons. The molecule has 5 nitrogen and oxygen atoms in total. The summed E-state index contributed by atoms with van der Waals surface area (Å²) in [4.78, 5) is 12.7. The van der Waals surface area contributed by atoms with Crippen molar-refractivity contribution in [2.24, 2.45) is 5.41 Å². The van der Waals surface area contributed by atoms with Crippen molar-refractivity contribution in [3.63, 3.8) is 0 Å². The Morgan fingerprint density at radius 1 is 1.33 bits per heavy atom. The predicted molar refractivity (Wildman–Crippen MR) is 107 cm³/mol. The van der Waals surface area contributed by atoms with Gasteiger partial charge in [0.1, 0.15) is 0 Å². The lowest BCUT2D eigenvalue weighted by Crippen LogP contribution is -2.33. The van der Waals surface area contributed by atoms with Crippen molar-refractivity contribution in [2.45, 2.75) is 52.0 Å². The first-order chi connectivity index (χ1) is 13.0. The van der Waals surface area contributed by atoms with Gasteiger partial charge in [-0.1, -0.05) is 12.1 Å². The lowest BCUT2D eigenvalue weighted by atomic mass is 9.90. The molecule has 2 aliphatic rings. The summed E-state index contributed by atoms with van der Waals surface area (Å²) in [6.45, 7) is 7.85. The first-order valence-corrected chi connectivity index (χ1v) is 10.1. The van der Waals surface area contributed by atoms with Gasteiger partial charge in [-0.3, -0.25) is 9.48 Å². The number of hydrogen-bond acceptors (Lipinski definition) is 3. The summed E-state index contributed by atoms with van der Waals surface area (Å²) in [5.41, 5.74) is 4.47. The Labute approximate surface area is 161 Å². The maximum absolute atomic E-state index is 12.7. The third-order valence-corrected chi connectivity index (χ3v) is 6.09. The Kier molecular flexibility index (Phi) is 5.04. The molecule has 1 saturated carbocycles. The molecule has 1 aliphatic carbocycles.